The average Bonchev–Trinajstić information content (AvgIpc) is 2.70. The van der Waals surface area contributed by atoms with Crippen LogP contribution in [-0.4, -0.2) is 6.67 Å². The molecule has 0 spiro atoms. The van der Waals surface area contributed by atoms with Crippen LogP contribution in [0.25, 0.3) is 0 Å². The minimum Gasteiger partial charge on any atom is -0.251 e. The minimum atomic E-state index is -1.18. The molecule has 2 aliphatic rings. The molecule has 0 radical (unpaired) electrons. The summed E-state index contributed by atoms with van der Waals surface area (Å²) in [5.41, 5.74) is -0.758. The summed E-state index contributed by atoms with van der Waals surface area (Å²) in [6.07, 6.45) is 15.0. The van der Waals surface area contributed by atoms with Crippen molar-refractivity contribution in [3.05, 3.63) is 35.1 Å². The lowest BCUT2D eigenvalue weighted by molar-refractivity contribution is 0.138. The summed E-state index contributed by atoms with van der Waals surface area (Å²) in [4.78, 5) is 0. The van der Waals surface area contributed by atoms with Gasteiger partial charge in [-0.05, 0) is 55.8 Å². The zero-order valence-electron chi connectivity index (χ0n) is 17.4. The molecule has 0 saturated heterocycles. The number of hydrogen-bond acceptors (Lipinski definition) is 1. The van der Waals surface area contributed by atoms with E-state index in [1.807, 2.05) is 0 Å². The topological polar surface area (TPSA) is 23.8 Å². The molecule has 3 rings (SSSR count). The Balaban J connectivity index is 0.000000234. The zero-order chi connectivity index (χ0) is 21.2. The average molecular weight is 412 g/mol. The predicted octanol–water partition coefficient (Wildman–Crippen LogP) is 7.73. The maximum Gasteiger partial charge on any atom is 0.146 e. The first-order valence-corrected chi connectivity index (χ1v) is 11.1. The summed E-state index contributed by atoms with van der Waals surface area (Å²) >= 11 is 0. The van der Waals surface area contributed by atoms with Gasteiger partial charge < -0.3 is 0 Å². The van der Waals surface area contributed by atoms with E-state index in [9.17, 15) is 17.6 Å². The molecule has 0 unspecified atom stereocenters. The van der Waals surface area contributed by atoms with Crippen molar-refractivity contribution in [3.63, 3.8) is 0 Å². The van der Waals surface area contributed by atoms with Gasteiger partial charge in [-0.1, -0.05) is 45.4 Å². The molecule has 0 heterocycles. The number of hydrogen-bond donors (Lipinski definition) is 0. The van der Waals surface area contributed by atoms with E-state index in [1.54, 1.807) is 0 Å². The summed E-state index contributed by atoms with van der Waals surface area (Å²) in [7, 11) is 0. The monoisotopic (exact) mass is 411 g/mol. The first-order chi connectivity index (χ1) is 14.0. The van der Waals surface area contributed by atoms with Crippen molar-refractivity contribution in [3.8, 4) is 6.07 Å². The molecule has 2 aliphatic carbocycles. The van der Waals surface area contributed by atoms with Gasteiger partial charge in [0.1, 0.15) is 29.1 Å². The SMILES string of the molecule is CCCC1CCC(C2CCC(CCF)CC2)CC1.N#Cc1c(F)cc(F)cc1F. The van der Waals surface area contributed by atoms with Gasteiger partial charge in [0.25, 0.3) is 0 Å². The van der Waals surface area contributed by atoms with E-state index in [1.165, 1.54) is 70.3 Å². The summed E-state index contributed by atoms with van der Waals surface area (Å²) < 4.78 is 49.3. The molecule has 29 heavy (non-hydrogen) atoms. The van der Waals surface area contributed by atoms with Crippen LogP contribution >= 0.6 is 0 Å². The number of nitriles is 1. The van der Waals surface area contributed by atoms with Gasteiger partial charge in [-0.25, -0.2) is 13.2 Å². The fraction of sp³-hybridized carbons (Fsp3) is 0.708. The maximum absolute atomic E-state index is 12.4. The standard InChI is InChI=1S/C17H31F.C7H2F3N/c1-2-3-14-4-8-16(9-5-14)17-10-6-15(7-11-17)12-13-18;8-4-1-6(9)5(3-11)7(10)2-4/h14-17H,2-13H2,1H3;1-2H. The van der Waals surface area contributed by atoms with Gasteiger partial charge in [-0.2, -0.15) is 5.26 Å². The van der Waals surface area contributed by atoms with Gasteiger partial charge in [0.15, 0.2) is 0 Å². The fourth-order valence-corrected chi connectivity index (χ4v) is 5.11. The molecule has 1 aromatic rings. The fourth-order valence-electron chi connectivity index (χ4n) is 5.11. The summed E-state index contributed by atoms with van der Waals surface area (Å²) in [6.45, 7) is 2.22. The van der Waals surface area contributed by atoms with E-state index in [-0.39, 0.29) is 6.67 Å². The molecule has 0 N–H and O–H groups in total. The zero-order valence-corrected chi connectivity index (χ0v) is 17.4. The molecule has 162 valence electrons. The van der Waals surface area contributed by atoms with Crippen LogP contribution in [0.3, 0.4) is 0 Å². The normalized spacial score (nSPS) is 26.9. The van der Waals surface area contributed by atoms with Crippen LogP contribution in [0.15, 0.2) is 12.1 Å². The highest BCUT2D eigenvalue weighted by Crippen LogP contribution is 2.42. The summed E-state index contributed by atoms with van der Waals surface area (Å²) in [5.74, 6) is 0.374. The summed E-state index contributed by atoms with van der Waals surface area (Å²) in [5, 5.41) is 8.14. The van der Waals surface area contributed by atoms with Gasteiger partial charge >= 0.3 is 0 Å². The highest BCUT2D eigenvalue weighted by molar-refractivity contribution is 5.31. The lowest BCUT2D eigenvalue weighted by Crippen LogP contribution is -2.26. The molecular weight excluding hydrogens is 378 g/mol. The van der Waals surface area contributed by atoms with E-state index in [4.69, 9.17) is 5.26 Å². The van der Waals surface area contributed by atoms with Crippen LogP contribution in [0, 0.1) is 52.5 Å². The van der Waals surface area contributed by atoms with Crippen molar-refractivity contribution in [1.29, 1.82) is 5.26 Å². The highest BCUT2D eigenvalue weighted by Gasteiger charge is 2.30. The Hall–Kier alpha value is -1.57. The van der Waals surface area contributed by atoms with Crippen molar-refractivity contribution in [2.45, 2.75) is 77.6 Å². The Morgan fingerprint density at radius 2 is 1.28 bits per heavy atom. The number of nitrogens with zero attached hydrogens (tertiary/aromatic N) is 1. The van der Waals surface area contributed by atoms with E-state index in [0.29, 0.717) is 18.1 Å². The Bertz CT molecular complexity index is 606. The van der Waals surface area contributed by atoms with Gasteiger partial charge in [-0.3, -0.25) is 4.39 Å². The largest absolute Gasteiger partial charge is 0.251 e. The van der Waals surface area contributed by atoms with Crippen LogP contribution in [0.2, 0.25) is 0 Å². The van der Waals surface area contributed by atoms with Crippen molar-refractivity contribution < 1.29 is 17.6 Å². The smallest absolute Gasteiger partial charge is 0.146 e. The van der Waals surface area contributed by atoms with E-state index in [2.05, 4.69) is 6.92 Å². The van der Waals surface area contributed by atoms with Gasteiger partial charge in [-0.15, -0.1) is 0 Å². The lowest BCUT2D eigenvalue weighted by Gasteiger charge is -2.37. The van der Waals surface area contributed by atoms with Gasteiger partial charge in [0.2, 0.25) is 0 Å². The third-order valence-electron chi connectivity index (χ3n) is 6.78. The summed E-state index contributed by atoms with van der Waals surface area (Å²) in [6, 6.07) is 2.19. The van der Waals surface area contributed by atoms with Crippen molar-refractivity contribution in [2.24, 2.45) is 23.7 Å². The second-order valence-electron chi connectivity index (χ2n) is 8.68. The third-order valence-corrected chi connectivity index (χ3v) is 6.78. The number of rotatable bonds is 5. The van der Waals surface area contributed by atoms with Crippen LogP contribution in [0.5, 0.6) is 0 Å². The lowest BCUT2D eigenvalue weighted by atomic mass is 9.68. The molecule has 2 saturated carbocycles. The third kappa shape index (κ3) is 7.32. The van der Waals surface area contributed by atoms with E-state index < -0.39 is 23.0 Å². The number of halogens is 4. The molecule has 0 atom stereocenters. The molecule has 0 aromatic heterocycles. The molecular formula is C24H33F4N. The Kier molecular flexibility index (Phi) is 9.97. The van der Waals surface area contributed by atoms with Crippen LogP contribution in [-0.2, 0) is 0 Å². The van der Waals surface area contributed by atoms with Crippen molar-refractivity contribution in [1.82, 2.24) is 0 Å². The molecule has 5 heteroatoms. The van der Waals surface area contributed by atoms with Gasteiger partial charge in [0, 0.05) is 12.1 Å². The Morgan fingerprint density at radius 1 is 0.828 bits per heavy atom. The minimum absolute atomic E-state index is 0.0997. The second-order valence-corrected chi connectivity index (χ2v) is 8.68. The molecule has 0 bridgehead atoms. The van der Waals surface area contributed by atoms with E-state index >= 15 is 0 Å². The molecule has 0 amide bonds. The maximum atomic E-state index is 12.4. The first kappa shape index (κ1) is 23.7. The Morgan fingerprint density at radius 3 is 1.66 bits per heavy atom. The Labute approximate surface area is 172 Å². The number of alkyl halides is 1. The second kappa shape index (κ2) is 12.2. The predicted molar refractivity (Wildman–Crippen MR) is 107 cm³/mol. The van der Waals surface area contributed by atoms with Crippen molar-refractivity contribution in [2.75, 3.05) is 6.67 Å². The van der Waals surface area contributed by atoms with Crippen LogP contribution in [0.4, 0.5) is 17.6 Å². The van der Waals surface area contributed by atoms with E-state index in [0.717, 1.165) is 24.2 Å². The highest BCUT2D eigenvalue weighted by atomic mass is 19.1. The first-order valence-electron chi connectivity index (χ1n) is 11.1. The quantitative estimate of drug-likeness (QED) is 0.455. The molecule has 1 aromatic carbocycles. The number of benzene rings is 1. The van der Waals surface area contributed by atoms with Crippen LogP contribution in [0.1, 0.15) is 83.1 Å². The molecule has 0 aliphatic heterocycles. The van der Waals surface area contributed by atoms with Gasteiger partial charge in [0.05, 0.1) is 6.67 Å². The molecule has 1 nitrogen and oxygen atoms in total. The van der Waals surface area contributed by atoms with Crippen LogP contribution < -0.4 is 0 Å². The molecule has 2 fully saturated rings. The van der Waals surface area contributed by atoms with Crippen molar-refractivity contribution >= 4 is 0 Å².